The molecule has 0 radical (unpaired) electrons. The van der Waals surface area contributed by atoms with E-state index < -0.39 is 0 Å². The third kappa shape index (κ3) is 2.98. The summed E-state index contributed by atoms with van der Waals surface area (Å²) in [6.45, 7) is 2.08. The van der Waals surface area contributed by atoms with E-state index in [1.165, 1.54) is 0 Å². The minimum Gasteiger partial charge on any atom is -0.334 e. The first-order valence-corrected chi connectivity index (χ1v) is 7.96. The van der Waals surface area contributed by atoms with Crippen molar-refractivity contribution in [3.8, 4) is 0 Å². The Morgan fingerprint density at radius 1 is 1.42 bits per heavy atom. The molecule has 7 nitrogen and oxygen atoms in total. The van der Waals surface area contributed by atoms with Gasteiger partial charge in [0.1, 0.15) is 0 Å². The normalized spacial score (nSPS) is 17.2. The highest BCUT2D eigenvalue weighted by atomic mass is 16.5. The van der Waals surface area contributed by atoms with Crippen LogP contribution in [0.4, 0.5) is 5.82 Å². The third-order valence-electron chi connectivity index (χ3n) is 4.23. The van der Waals surface area contributed by atoms with E-state index in [4.69, 9.17) is 4.52 Å². The molecule has 1 fully saturated rings. The van der Waals surface area contributed by atoms with Crippen molar-refractivity contribution in [2.45, 2.75) is 12.8 Å². The summed E-state index contributed by atoms with van der Waals surface area (Å²) in [7, 11) is 0. The maximum atomic E-state index is 12.5. The van der Waals surface area contributed by atoms with Crippen molar-refractivity contribution in [2.75, 3.05) is 18.4 Å². The zero-order valence-corrected chi connectivity index (χ0v) is 13.0. The van der Waals surface area contributed by atoms with Gasteiger partial charge in [-0.1, -0.05) is 5.16 Å². The number of hydrogen-bond acceptors (Lipinski definition) is 6. The molecule has 122 valence electrons. The van der Waals surface area contributed by atoms with Gasteiger partial charge in [0.25, 0.3) is 11.6 Å². The Morgan fingerprint density at radius 2 is 2.38 bits per heavy atom. The van der Waals surface area contributed by atoms with Gasteiger partial charge in [-0.3, -0.25) is 9.78 Å². The third-order valence-corrected chi connectivity index (χ3v) is 4.23. The minimum absolute atomic E-state index is 0.257. The second-order valence-corrected chi connectivity index (χ2v) is 5.99. The lowest BCUT2D eigenvalue weighted by molar-refractivity contribution is 0.102. The standard InChI is InChI=1S/C17H17N5O2/c23-16(21-15-14-2-1-4-20-17(14)24-22-15)13-7-12(9-19-10-13)6-11-3-5-18-8-11/h1-2,4,7,9-11,18H,3,5-6,8H2,(H,21,22,23). The lowest BCUT2D eigenvalue weighted by atomic mass is 9.99. The molecule has 1 atom stereocenters. The molecule has 0 spiro atoms. The number of carbonyl (C=O) groups is 1. The summed E-state index contributed by atoms with van der Waals surface area (Å²) >= 11 is 0. The van der Waals surface area contributed by atoms with Crippen LogP contribution in [0.1, 0.15) is 22.3 Å². The largest absolute Gasteiger partial charge is 0.334 e. The zero-order valence-electron chi connectivity index (χ0n) is 13.0. The molecule has 0 saturated carbocycles. The van der Waals surface area contributed by atoms with E-state index in [0.717, 1.165) is 31.5 Å². The molecule has 4 heterocycles. The predicted molar refractivity (Wildman–Crippen MR) is 88.7 cm³/mol. The summed E-state index contributed by atoms with van der Waals surface area (Å²) in [4.78, 5) is 20.7. The molecule has 0 aromatic carbocycles. The van der Waals surface area contributed by atoms with E-state index in [1.54, 1.807) is 24.5 Å². The van der Waals surface area contributed by atoms with Gasteiger partial charge < -0.3 is 15.2 Å². The number of hydrogen-bond donors (Lipinski definition) is 2. The number of rotatable bonds is 4. The summed E-state index contributed by atoms with van der Waals surface area (Å²) in [5.41, 5.74) is 1.98. The fourth-order valence-corrected chi connectivity index (χ4v) is 3.00. The average Bonchev–Trinajstić information content (AvgIpc) is 3.25. The lowest BCUT2D eigenvalue weighted by Gasteiger charge is -2.09. The van der Waals surface area contributed by atoms with Crippen LogP contribution in [-0.2, 0) is 6.42 Å². The SMILES string of the molecule is O=C(Nc1noc2ncccc12)c1cncc(CC2CCNC2)c1. The van der Waals surface area contributed by atoms with E-state index in [1.807, 2.05) is 12.3 Å². The molecule has 1 saturated heterocycles. The monoisotopic (exact) mass is 323 g/mol. The van der Waals surface area contributed by atoms with Crippen LogP contribution in [0.25, 0.3) is 11.1 Å². The Bertz CT molecular complexity index is 870. The number of fused-ring (bicyclic) bond motifs is 1. The van der Waals surface area contributed by atoms with Gasteiger partial charge in [0.05, 0.1) is 10.9 Å². The quantitative estimate of drug-likeness (QED) is 0.763. The number of nitrogens with one attached hydrogen (secondary N) is 2. The van der Waals surface area contributed by atoms with Crippen LogP contribution in [0, 0.1) is 5.92 Å². The first kappa shape index (κ1) is 14.8. The molecule has 7 heteroatoms. The first-order valence-electron chi connectivity index (χ1n) is 7.96. The Balaban J connectivity index is 1.51. The maximum absolute atomic E-state index is 12.5. The Hall–Kier alpha value is -2.80. The van der Waals surface area contributed by atoms with Crippen molar-refractivity contribution in [2.24, 2.45) is 5.92 Å². The molecule has 0 bridgehead atoms. The Labute approximate surface area is 138 Å². The number of amides is 1. The van der Waals surface area contributed by atoms with E-state index in [-0.39, 0.29) is 5.91 Å². The number of nitrogens with zero attached hydrogens (tertiary/aromatic N) is 3. The van der Waals surface area contributed by atoms with E-state index in [0.29, 0.717) is 28.4 Å². The smallest absolute Gasteiger partial charge is 0.259 e. The van der Waals surface area contributed by atoms with Crippen LogP contribution in [0.3, 0.4) is 0 Å². The van der Waals surface area contributed by atoms with Crippen LogP contribution in [0.15, 0.2) is 41.3 Å². The van der Waals surface area contributed by atoms with Gasteiger partial charge >= 0.3 is 0 Å². The van der Waals surface area contributed by atoms with Crippen molar-refractivity contribution in [3.63, 3.8) is 0 Å². The summed E-state index contributed by atoms with van der Waals surface area (Å²) in [5, 5.41) is 10.7. The molecule has 4 rings (SSSR count). The molecule has 3 aromatic heterocycles. The molecule has 24 heavy (non-hydrogen) atoms. The van der Waals surface area contributed by atoms with Gasteiger partial charge in [-0.15, -0.1) is 0 Å². The molecule has 3 aromatic rings. The summed E-state index contributed by atoms with van der Waals surface area (Å²) in [6.07, 6.45) is 7.09. The molecule has 2 N–H and O–H groups in total. The minimum atomic E-state index is -0.257. The predicted octanol–water partition coefficient (Wildman–Crippen LogP) is 2.02. The fraction of sp³-hybridized carbons (Fsp3) is 0.294. The van der Waals surface area contributed by atoms with E-state index in [2.05, 4.69) is 25.8 Å². The van der Waals surface area contributed by atoms with Crippen molar-refractivity contribution in [3.05, 3.63) is 47.9 Å². The van der Waals surface area contributed by atoms with Gasteiger partial charge in [-0.2, -0.15) is 0 Å². The van der Waals surface area contributed by atoms with Crippen LogP contribution in [0.5, 0.6) is 0 Å². The van der Waals surface area contributed by atoms with Gasteiger partial charge in [0.2, 0.25) is 0 Å². The van der Waals surface area contributed by atoms with Crippen molar-refractivity contribution < 1.29 is 9.32 Å². The lowest BCUT2D eigenvalue weighted by Crippen LogP contribution is -2.14. The second kappa shape index (κ2) is 6.37. The summed E-state index contributed by atoms with van der Waals surface area (Å²) in [5.74, 6) is 0.720. The second-order valence-electron chi connectivity index (χ2n) is 5.99. The molecule has 0 aliphatic carbocycles. The molecular formula is C17H17N5O2. The fourth-order valence-electron chi connectivity index (χ4n) is 3.00. The van der Waals surface area contributed by atoms with Crippen molar-refractivity contribution in [1.82, 2.24) is 20.4 Å². The van der Waals surface area contributed by atoms with E-state index in [9.17, 15) is 4.79 Å². The Kier molecular flexibility index (Phi) is 3.92. The topological polar surface area (TPSA) is 92.9 Å². The summed E-state index contributed by atoms with van der Waals surface area (Å²) in [6, 6.07) is 5.46. The van der Waals surface area contributed by atoms with Crippen LogP contribution < -0.4 is 10.6 Å². The molecule has 1 aliphatic heterocycles. The highest BCUT2D eigenvalue weighted by molar-refractivity contribution is 6.07. The maximum Gasteiger partial charge on any atom is 0.259 e. The van der Waals surface area contributed by atoms with Crippen molar-refractivity contribution in [1.29, 1.82) is 0 Å². The van der Waals surface area contributed by atoms with Gasteiger partial charge in [0.15, 0.2) is 5.82 Å². The van der Waals surface area contributed by atoms with Gasteiger partial charge in [-0.05, 0) is 55.6 Å². The molecule has 1 unspecified atom stereocenters. The number of pyridine rings is 2. The number of aromatic nitrogens is 3. The highest BCUT2D eigenvalue weighted by Crippen LogP contribution is 2.21. The van der Waals surface area contributed by atoms with Gasteiger partial charge in [0, 0.05) is 18.6 Å². The van der Waals surface area contributed by atoms with Crippen molar-refractivity contribution >= 4 is 22.8 Å². The van der Waals surface area contributed by atoms with E-state index >= 15 is 0 Å². The first-order chi connectivity index (χ1) is 11.8. The number of carbonyl (C=O) groups excluding carboxylic acids is 1. The molecule has 1 aliphatic rings. The Morgan fingerprint density at radius 3 is 3.25 bits per heavy atom. The molecular weight excluding hydrogens is 306 g/mol. The van der Waals surface area contributed by atoms with Crippen LogP contribution >= 0.6 is 0 Å². The average molecular weight is 323 g/mol. The molecule has 1 amide bonds. The number of anilines is 1. The van der Waals surface area contributed by atoms with Crippen LogP contribution in [-0.4, -0.2) is 34.1 Å². The zero-order chi connectivity index (χ0) is 16.4. The van der Waals surface area contributed by atoms with Gasteiger partial charge in [-0.25, -0.2) is 4.98 Å². The van der Waals surface area contributed by atoms with Crippen LogP contribution in [0.2, 0.25) is 0 Å². The summed E-state index contributed by atoms with van der Waals surface area (Å²) < 4.78 is 5.10. The highest BCUT2D eigenvalue weighted by Gasteiger charge is 2.17.